The van der Waals surface area contributed by atoms with Crippen LogP contribution in [-0.4, -0.2) is 59.9 Å². The van der Waals surface area contributed by atoms with Crippen molar-refractivity contribution in [3.8, 4) is 0 Å². The molecule has 2 amide bonds. The summed E-state index contributed by atoms with van der Waals surface area (Å²) in [5.41, 5.74) is 0. The Morgan fingerprint density at radius 1 is 1.33 bits per heavy atom. The molecular formula is C16H29N3O2. The largest absolute Gasteiger partial charge is 0.338 e. The fourth-order valence-electron chi connectivity index (χ4n) is 3.31. The molecule has 5 heteroatoms. The molecule has 120 valence electrons. The smallest absolute Gasteiger partial charge is 0.245 e. The standard InChI is InChI=1S/C16H29N3O2/c1-12(2)10-14(19-8-5-4-6-15(19)20)16(21)18-9-7-17-13(3)11-18/h12-14,17H,4-11H2,1-3H3. The third-order valence-electron chi connectivity index (χ3n) is 4.40. The molecule has 2 heterocycles. The molecule has 2 saturated heterocycles. The Bertz CT molecular complexity index is 384. The van der Waals surface area contributed by atoms with Crippen molar-refractivity contribution in [3.63, 3.8) is 0 Å². The van der Waals surface area contributed by atoms with Gasteiger partial charge in [0.25, 0.3) is 0 Å². The van der Waals surface area contributed by atoms with Crippen molar-refractivity contribution in [3.05, 3.63) is 0 Å². The maximum atomic E-state index is 12.9. The summed E-state index contributed by atoms with van der Waals surface area (Å²) in [5.74, 6) is 0.713. The van der Waals surface area contributed by atoms with E-state index in [-0.39, 0.29) is 17.9 Å². The lowest BCUT2D eigenvalue weighted by atomic mass is 9.97. The molecule has 2 unspecified atom stereocenters. The van der Waals surface area contributed by atoms with Gasteiger partial charge < -0.3 is 15.1 Å². The van der Waals surface area contributed by atoms with Gasteiger partial charge in [-0.25, -0.2) is 0 Å². The van der Waals surface area contributed by atoms with E-state index in [0.717, 1.165) is 45.4 Å². The summed E-state index contributed by atoms with van der Waals surface area (Å²) in [6.45, 7) is 9.42. The first-order valence-electron chi connectivity index (χ1n) is 8.30. The van der Waals surface area contributed by atoms with Crippen LogP contribution >= 0.6 is 0 Å². The SMILES string of the molecule is CC(C)CC(C(=O)N1CCNC(C)C1)N1CCCCC1=O. The number of piperidine rings is 1. The third kappa shape index (κ3) is 4.19. The topological polar surface area (TPSA) is 52.7 Å². The van der Waals surface area contributed by atoms with E-state index >= 15 is 0 Å². The molecular weight excluding hydrogens is 266 g/mol. The van der Waals surface area contributed by atoms with Crippen molar-refractivity contribution in [1.82, 2.24) is 15.1 Å². The molecule has 0 radical (unpaired) electrons. The van der Waals surface area contributed by atoms with Crippen molar-refractivity contribution in [1.29, 1.82) is 0 Å². The maximum absolute atomic E-state index is 12.9. The highest BCUT2D eigenvalue weighted by molar-refractivity contribution is 5.88. The van der Waals surface area contributed by atoms with E-state index in [9.17, 15) is 9.59 Å². The second kappa shape index (κ2) is 7.25. The molecule has 2 rings (SSSR count). The molecule has 0 saturated carbocycles. The van der Waals surface area contributed by atoms with E-state index in [1.54, 1.807) is 0 Å². The maximum Gasteiger partial charge on any atom is 0.245 e. The van der Waals surface area contributed by atoms with Gasteiger partial charge in [0.1, 0.15) is 6.04 Å². The van der Waals surface area contributed by atoms with Crippen molar-refractivity contribution in [2.24, 2.45) is 5.92 Å². The van der Waals surface area contributed by atoms with Crippen LogP contribution in [0.15, 0.2) is 0 Å². The lowest BCUT2D eigenvalue weighted by Gasteiger charge is -2.40. The first-order chi connectivity index (χ1) is 9.99. The highest BCUT2D eigenvalue weighted by Gasteiger charge is 2.35. The molecule has 0 bridgehead atoms. The normalized spacial score (nSPS) is 25.3. The van der Waals surface area contributed by atoms with Gasteiger partial charge in [-0.1, -0.05) is 13.8 Å². The number of hydrogen-bond acceptors (Lipinski definition) is 3. The van der Waals surface area contributed by atoms with Crippen LogP contribution in [0, 0.1) is 5.92 Å². The quantitative estimate of drug-likeness (QED) is 0.849. The number of carbonyl (C=O) groups is 2. The van der Waals surface area contributed by atoms with Crippen molar-refractivity contribution in [2.45, 2.75) is 58.5 Å². The Morgan fingerprint density at radius 3 is 2.71 bits per heavy atom. The van der Waals surface area contributed by atoms with Crippen LogP contribution in [0.5, 0.6) is 0 Å². The lowest BCUT2D eigenvalue weighted by Crippen LogP contribution is -2.58. The van der Waals surface area contributed by atoms with E-state index in [1.165, 1.54) is 0 Å². The molecule has 0 aromatic rings. The molecule has 2 aliphatic heterocycles. The molecule has 1 N–H and O–H groups in total. The molecule has 2 aliphatic rings. The van der Waals surface area contributed by atoms with Gasteiger partial charge in [-0.15, -0.1) is 0 Å². The Balaban J connectivity index is 2.10. The highest BCUT2D eigenvalue weighted by Crippen LogP contribution is 2.21. The second-order valence-electron chi connectivity index (χ2n) is 6.83. The predicted octanol–water partition coefficient (Wildman–Crippen LogP) is 1.23. The zero-order chi connectivity index (χ0) is 15.4. The average molecular weight is 295 g/mol. The number of likely N-dealkylation sites (tertiary alicyclic amines) is 1. The van der Waals surface area contributed by atoms with Crippen molar-refractivity contribution in [2.75, 3.05) is 26.2 Å². The Morgan fingerprint density at radius 2 is 2.10 bits per heavy atom. The number of nitrogens with one attached hydrogen (secondary N) is 1. The van der Waals surface area contributed by atoms with Crippen LogP contribution in [0.2, 0.25) is 0 Å². The van der Waals surface area contributed by atoms with Crippen LogP contribution in [0.3, 0.4) is 0 Å². The predicted molar refractivity (Wildman–Crippen MR) is 82.9 cm³/mol. The van der Waals surface area contributed by atoms with E-state index in [0.29, 0.717) is 18.4 Å². The summed E-state index contributed by atoms with van der Waals surface area (Å²) in [5, 5.41) is 3.36. The van der Waals surface area contributed by atoms with E-state index in [1.807, 2.05) is 9.80 Å². The number of hydrogen-bond donors (Lipinski definition) is 1. The van der Waals surface area contributed by atoms with Gasteiger partial charge in [0.2, 0.25) is 11.8 Å². The lowest BCUT2D eigenvalue weighted by molar-refractivity contribution is -0.148. The summed E-state index contributed by atoms with van der Waals surface area (Å²) in [4.78, 5) is 28.9. The van der Waals surface area contributed by atoms with Crippen LogP contribution in [0.25, 0.3) is 0 Å². The number of rotatable bonds is 4. The third-order valence-corrected chi connectivity index (χ3v) is 4.40. The van der Waals surface area contributed by atoms with Crippen molar-refractivity contribution < 1.29 is 9.59 Å². The van der Waals surface area contributed by atoms with Gasteiger partial charge in [0.05, 0.1) is 0 Å². The number of nitrogens with zero attached hydrogens (tertiary/aromatic N) is 2. The van der Waals surface area contributed by atoms with E-state index in [2.05, 4.69) is 26.1 Å². The number of carbonyl (C=O) groups excluding carboxylic acids is 2. The summed E-state index contributed by atoms with van der Waals surface area (Å²) in [7, 11) is 0. The molecule has 0 spiro atoms. The van der Waals surface area contributed by atoms with E-state index in [4.69, 9.17) is 0 Å². The van der Waals surface area contributed by atoms with E-state index < -0.39 is 0 Å². The summed E-state index contributed by atoms with van der Waals surface area (Å²) in [6.07, 6.45) is 3.34. The molecule has 0 aromatic carbocycles. The number of amides is 2. The van der Waals surface area contributed by atoms with Gasteiger partial charge in [-0.05, 0) is 32.1 Å². The van der Waals surface area contributed by atoms with Crippen LogP contribution in [0.1, 0.15) is 46.5 Å². The molecule has 2 fully saturated rings. The average Bonchev–Trinajstić information content (AvgIpc) is 2.45. The summed E-state index contributed by atoms with van der Waals surface area (Å²) in [6, 6.07) is 0.0718. The van der Waals surface area contributed by atoms with Gasteiger partial charge in [-0.2, -0.15) is 0 Å². The summed E-state index contributed by atoms with van der Waals surface area (Å²) < 4.78 is 0. The first-order valence-corrected chi connectivity index (χ1v) is 8.30. The Kier molecular flexibility index (Phi) is 5.62. The Hall–Kier alpha value is -1.10. The minimum atomic E-state index is -0.261. The summed E-state index contributed by atoms with van der Waals surface area (Å²) >= 11 is 0. The monoisotopic (exact) mass is 295 g/mol. The van der Waals surface area contributed by atoms with Crippen LogP contribution in [0.4, 0.5) is 0 Å². The second-order valence-corrected chi connectivity index (χ2v) is 6.83. The van der Waals surface area contributed by atoms with Gasteiger partial charge in [-0.3, -0.25) is 9.59 Å². The van der Waals surface area contributed by atoms with Gasteiger partial charge >= 0.3 is 0 Å². The minimum absolute atomic E-state index is 0.146. The molecule has 2 atom stereocenters. The van der Waals surface area contributed by atoms with Crippen LogP contribution < -0.4 is 5.32 Å². The fraction of sp³-hybridized carbons (Fsp3) is 0.875. The zero-order valence-electron chi connectivity index (χ0n) is 13.6. The molecule has 0 aromatic heterocycles. The highest BCUT2D eigenvalue weighted by atomic mass is 16.2. The fourth-order valence-corrected chi connectivity index (χ4v) is 3.31. The molecule has 5 nitrogen and oxygen atoms in total. The first kappa shape index (κ1) is 16.3. The Labute approximate surface area is 128 Å². The van der Waals surface area contributed by atoms with Gasteiger partial charge in [0, 0.05) is 38.6 Å². The minimum Gasteiger partial charge on any atom is -0.338 e. The van der Waals surface area contributed by atoms with Crippen LogP contribution in [-0.2, 0) is 9.59 Å². The zero-order valence-corrected chi connectivity index (χ0v) is 13.6. The van der Waals surface area contributed by atoms with Crippen molar-refractivity contribution >= 4 is 11.8 Å². The molecule has 0 aliphatic carbocycles. The van der Waals surface area contributed by atoms with Gasteiger partial charge in [0.15, 0.2) is 0 Å². The molecule has 21 heavy (non-hydrogen) atoms. The number of piperazine rings is 1.